The molecule has 6 atom stereocenters. The third-order valence-electron chi connectivity index (χ3n) is 10.8. The lowest BCUT2D eigenvalue weighted by Gasteiger charge is -2.60. The Morgan fingerprint density at radius 2 is 1.76 bits per heavy atom. The SMILES string of the molecule is C=CCOc1ccc2c(c1)[C@H]1[C@H](CCCCO)[C@@H](CCCCO)C=C3C(=NOC(C)(C)C)C[C@H](N(CCC)C(=O)c4ccc(C#N)cc4)[C@@](OCC=C)(O2)[C@H]31. The Hall–Kier alpha value is -4.43. The Morgan fingerprint density at radius 3 is 2.40 bits per heavy atom. The van der Waals surface area contributed by atoms with Crippen molar-refractivity contribution in [2.75, 3.05) is 33.0 Å². The van der Waals surface area contributed by atoms with Crippen LogP contribution in [0.15, 0.2) is 84.6 Å². The summed E-state index contributed by atoms with van der Waals surface area (Å²) in [6, 6.07) is 14.2. The second-order valence-corrected chi connectivity index (χ2v) is 15.8. The van der Waals surface area contributed by atoms with Crippen LogP contribution in [0.25, 0.3) is 0 Å². The molecule has 1 aliphatic heterocycles. The lowest BCUT2D eigenvalue weighted by atomic mass is 9.55. The summed E-state index contributed by atoms with van der Waals surface area (Å²) in [6.07, 6.45) is 11.5. The zero-order valence-corrected chi connectivity index (χ0v) is 33.0. The fourth-order valence-corrected chi connectivity index (χ4v) is 8.58. The van der Waals surface area contributed by atoms with Crippen molar-refractivity contribution < 1.29 is 34.1 Å². The molecule has 0 aromatic heterocycles. The topological polar surface area (TPSA) is 134 Å². The number of amides is 1. The maximum Gasteiger partial charge on any atom is 0.254 e. The monoisotopic (exact) mass is 753 g/mol. The smallest absolute Gasteiger partial charge is 0.254 e. The largest absolute Gasteiger partial charge is 0.490 e. The van der Waals surface area contributed by atoms with Crippen LogP contribution in [0.5, 0.6) is 11.5 Å². The van der Waals surface area contributed by atoms with E-state index >= 15 is 0 Å². The van der Waals surface area contributed by atoms with E-state index in [1.807, 2.05) is 44.7 Å². The molecule has 0 unspecified atom stereocenters. The van der Waals surface area contributed by atoms with Gasteiger partial charge in [0.2, 0.25) is 5.79 Å². The lowest BCUT2D eigenvalue weighted by Crippen LogP contribution is -2.70. The third kappa shape index (κ3) is 9.34. The Kier molecular flexibility index (Phi) is 14.4. The van der Waals surface area contributed by atoms with E-state index in [9.17, 15) is 20.3 Å². The molecule has 1 fully saturated rings. The number of ether oxygens (including phenoxy) is 3. The summed E-state index contributed by atoms with van der Waals surface area (Å²) in [5.74, 6) is -0.553. The van der Waals surface area contributed by atoms with Gasteiger partial charge in [0.15, 0.2) is 0 Å². The fourth-order valence-electron chi connectivity index (χ4n) is 8.58. The Balaban J connectivity index is 1.81. The highest BCUT2D eigenvalue weighted by Gasteiger charge is 2.65. The minimum Gasteiger partial charge on any atom is -0.490 e. The highest BCUT2D eigenvalue weighted by molar-refractivity contribution is 6.03. The highest BCUT2D eigenvalue weighted by atomic mass is 16.7. The standard InChI is InChI=1S/C45H59N3O7/c1-7-22-48(43(51)32-18-16-31(30-46)17-19-32)40-29-38(47-55-44(4,5)6)36-27-33(14-10-12-23-49)35(15-11-13-24-50)41-37-28-34(52-25-8-2)20-21-39(37)54-45(40,42(36)41)53-26-9-3/h8-9,16-21,27-28,33,35,40-42,49-50H,2-3,7,10-15,22-26,29H2,1,4-6H3/t33-,35+,40-,41+,42+,45+/m0/s1. The van der Waals surface area contributed by atoms with Gasteiger partial charge in [0.05, 0.1) is 29.9 Å². The van der Waals surface area contributed by atoms with E-state index in [0.29, 0.717) is 61.5 Å². The molecule has 1 heterocycles. The molecular weight excluding hydrogens is 695 g/mol. The average molecular weight is 754 g/mol. The molecule has 0 radical (unpaired) electrons. The minimum absolute atomic E-state index is 0.0976. The van der Waals surface area contributed by atoms with Crippen LogP contribution in [0.1, 0.15) is 106 Å². The van der Waals surface area contributed by atoms with Crippen molar-refractivity contribution in [3.8, 4) is 17.6 Å². The molecule has 2 N–H and O–H groups in total. The van der Waals surface area contributed by atoms with Gasteiger partial charge in [0.1, 0.15) is 29.7 Å². The van der Waals surface area contributed by atoms with Gasteiger partial charge in [-0.2, -0.15) is 5.26 Å². The van der Waals surface area contributed by atoms with Crippen LogP contribution in [0.4, 0.5) is 0 Å². The maximum absolute atomic E-state index is 14.8. The van der Waals surface area contributed by atoms with Crippen LogP contribution in [0, 0.1) is 29.1 Å². The molecule has 0 saturated heterocycles. The van der Waals surface area contributed by atoms with Crippen LogP contribution in [0.3, 0.4) is 0 Å². The molecule has 3 aliphatic rings. The van der Waals surface area contributed by atoms with Gasteiger partial charge in [0, 0.05) is 43.2 Å². The minimum atomic E-state index is -1.36. The number of nitriles is 1. The molecule has 2 aliphatic carbocycles. The van der Waals surface area contributed by atoms with Gasteiger partial charge in [-0.05, 0) is 113 Å². The number of carbonyl (C=O) groups excluding carboxylic acids is 1. The molecule has 2 aromatic carbocycles. The molecule has 55 heavy (non-hydrogen) atoms. The zero-order valence-electron chi connectivity index (χ0n) is 33.0. The molecule has 0 spiro atoms. The van der Waals surface area contributed by atoms with E-state index in [4.69, 9.17) is 24.2 Å². The summed E-state index contributed by atoms with van der Waals surface area (Å²) in [7, 11) is 0. The number of nitrogens with zero attached hydrogens (tertiary/aromatic N) is 3. The normalized spacial score (nSPS) is 24.7. The first-order valence-electron chi connectivity index (χ1n) is 19.9. The number of allylic oxidation sites excluding steroid dienone is 1. The molecule has 1 amide bonds. The van der Waals surface area contributed by atoms with E-state index in [1.54, 1.807) is 36.4 Å². The van der Waals surface area contributed by atoms with Crippen LogP contribution in [-0.2, 0) is 9.57 Å². The number of benzene rings is 2. The van der Waals surface area contributed by atoms with E-state index in [2.05, 4.69) is 31.4 Å². The first kappa shape index (κ1) is 41.7. The molecule has 2 aromatic rings. The lowest BCUT2D eigenvalue weighted by molar-refractivity contribution is -0.254. The number of carbonyl (C=O) groups is 1. The number of unbranched alkanes of at least 4 members (excludes halogenated alkanes) is 2. The Labute approximate surface area is 327 Å². The number of oxime groups is 1. The van der Waals surface area contributed by atoms with Crippen LogP contribution in [-0.4, -0.2) is 77.1 Å². The first-order valence-corrected chi connectivity index (χ1v) is 19.9. The van der Waals surface area contributed by atoms with Gasteiger partial charge >= 0.3 is 0 Å². The van der Waals surface area contributed by atoms with Crippen molar-refractivity contribution in [2.45, 2.75) is 102 Å². The van der Waals surface area contributed by atoms with Gasteiger partial charge in [-0.1, -0.05) is 49.7 Å². The van der Waals surface area contributed by atoms with Crippen molar-refractivity contribution >= 4 is 11.6 Å². The van der Waals surface area contributed by atoms with Gasteiger partial charge in [-0.3, -0.25) is 4.79 Å². The Morgan fingerprint density at radius 1 is 1.05 bits per heavy atom. The van der Waals surface area contributed by atoms with E-state index in [0.717, 1.165) is 42.5 Å². The number of hydrogen-bond acceptors (Lipinski definition) is 9. The second kappa shape index (κ2) is 18.9. The van der Waals surface area contributed by atoms with Gasteiger partial charge < -0.3 is 34.2 Å². The average Bonchev–Trinajstić information content (AvgIpc) is 3.18. The number of aliphatic hydroxyl groups excluding tert-OH is 2. The van der Waals surface area contributed by atoms with Crippen LogP contribution >= 0.6 is 0 Å². The van der Waals surface area contributed by atoms with Crippen molar-refractivity contribution in [1.29, 1.82) is 5.26 Å². The summed E-state index contributed by atoms with van der Waals surface area (Å²) in [5, 5.41) is 34.1. The van der Waals surface area contributed by atoms with E-state index in [1.165, 1.54) is 0 Å². The summed E-state index contributed by atoms with van der Waals surface area (Å²) >= 11 is 0. The molecule has 296 valence electrons. The van der Waals surface area contributed by atoms with Crippen molar-refractivity contribution in [2.24, 2.45) is 22.9 Å². The van der Waals surface area contributed by atoms with Gasteiger partial charge in [-0.15, -0.1) is 6.58 Å². The number of rotatable bonds is 19. The highest BCUT2D eigenvalue weighted by Crippen LogP contribution is 2.62. The predicted octanol–water partition coefficient (Wildman–Crippen LogP) is 8.11. The molecule has 0 bridgehead atoms. The number of hydrogen-bond donors (Lipinski definition) is 2. The van der Waals surface area contributed by atoms with Gasteiger partial charge in [-0.25, -0.2) is 0 Å². The summed E-state index contributed by atoms with van der Waals surface area (Å²) in [4.78, 5) is 22.9. The summed E-state index contributed by atoms with van der Waals surface area (Å²) < 4.78 is 20.4. The summed E-state index contributed by atoms with van der Waals surface area (Å²) in [5.41, 5.74) is 3.07. The molecule has 5 rings (SSSR count). The molecule has 1 saturated carbocycles. The van der Waals surface area contributed by atoms with Crippen LogP contribution < -0.4 is 9.47 Å². The first-order chi connectivity index (χ1) is 26.5. The quantitative estimate of drug-likeness (QED) is 0.0836. The van der Waals surface area contributed by atoms with Crippen molar-refractivity contribution in [1.82, 2.24) is 4.90 Å². The molecule has 10 heteroatoms. The fraction of sp³-hybridized carbons (Fsp3) is 0.533. The van der Waals surface area contributed by atoms with E-state index < -0.39 is 23.3 Å². The maximum atomic E-state index is 14.8. The zero-order chi connectivity index (χ0) is 39.6. The predicted molar refractivity (Wildman–Crippen MR) is 214 cm³/mol. The molecular formula is C45H59N3O7. The third-order valence-corrected chi connectivity index (χ3v) is 10.8. The number of fused-ring (bicyclic) bond motifs is 2. The molecule has 10 nitrogen and oxygen atoms in total. The van der Waals surface area contributed by atoms with E-state index in [-0.39, 0.29) is 43.5 Å². The number of aliphatic hydroxyl groups is 2. The van der Waals surface area contributed by atoms with Gasteiger partial charge in [0.25, 0.3) is 5.91 Å². The Bertz CT molecular complexity index is 1740. The van der Waals surface area contributed by atoms with Crippen molar-refractivity contribution in [3.63, 3.8) is 0 Å². The second-order valence-electron chi connectivity index (χ2n) is 15.8. The van der Waals surface area contributed by atoms with Crippen molar-refractivity contribution in [3.05, 3.63) is 96.1 Å². The van der Waals surface area contributed by atoms with Crippen LogP contribution in [0.2, 0.25) is 0 Å². The summed E-state index contributed by atoms with van der Waals surface area (Å²) in [6.45, 7) is 17.0.